The average molecular weight is 199 g/mol. The van der Waals surface area contributed by atoms with Crippen LogP contribution in [0.2, 0.25) is 0 Å². The smallest absolute Gasteiger partial charge is 0.389 e. The molecule has 3 aliphatic heterocycles. The molecule has 1 atom stereocenters. The molecule has 1 unspecified atom stereocenters. The highest BCUT2D eigenvalue weighted by Crippen LogP contribution is 2.48. The number of esters is 2. The lowest BCUT2D eigenvalue weighted by Crippen LogP contribution is -2.61. The zero-order valence-electron chi connectivity index (χ0n) is 7.37. The zero-order chi connectivity index (χ0) is 9.81. The van der Waals surface area contributed by atoms with Crippen LogP contribution in [0.5, 0.6) is 0 Å². The minimum absolute atomic E-state index is 0.301. The van der Waals surface area contributed by atoms with E-state index in [4.69, 9.17) is 14.2 Å². The van der Waals surface area contributed by atoms with Gasteiger partial charge in [-0.25, -0.2) is 9.59 Å². The summed E-state index contributed by atoms with van der Waals surface area (Å²) in [6.45, 7) is 1.59. The van der Waals surface area contributed by atoms with E-state index in [-0.39, 0.29) is 5.60 Å². The van der Waals surface area contributed by atoms with E-state index < -0.39 is 17.9 Å². The van der Waals surface area contributed by atoms with Gasteiger partial charge in [0, 0.05) is 6.54 Å². The second kappa shape index (κ2) is 2.26. The van der Waals surface area contributed by atoms with E-state index in [1.807, 2.05) is 0 Å². The van der Waals surface area contributed by atoms with Crippen LogP contribution in [-0.4, -0.2) is 36.6 Å². The molecule has 14 heavy (non-hydrogen) atoms. The van der Waals surface area contributed by atoms with Gasteiger partial charge in [0.15, 0.2) is 0 Å². The molecule has 3 saturated heterocycles. The van der Waals surface area contributed by atoms with Crippen LogP contribution in [0, 0.1) is 0 Å². The minimum Gasteiger partial charge on any atom is -0.389 e. The maximum atomic E-state index is 10.8. The van der Waals surface area contributed by atoms with Gasteiger partial charge in [0.25, 0.3) is 0 Å². The van der Waals surface area contributed by atoms with E-state index in [9.17, 15) is 9.59 Å². The van der Waals surface area contributed by atoms with Crippen LogP contribution in [0.3, 0.4) is 0 Å². The second-order valence-electron chi connectivity index (χ2n) is 3.85. The van der Waals surface area contributed by atoms with Crippen LogP contribution in [0.15, 0.2) is 0 Å². The number of hydrogen-bond donors (Lipinski definition) is 1. The van der Waals surface area contributed by atoms with Crippen molar-refractivity contribution in [3.8, 4) is 0 Å². The van der Waals surface area contributed by atoms with E-state index in [0.29, 0.717) is 13.0 Å². The molecule has 0 bridgehead atoms. The molecule has 0 amide bonds. The first-order valence-electron chi connectivity index (χ1n) is 4.50. The Balaban J connectivity index is 1.73. The Hall–Kier alpha value is -1.14. The predicted octanol–water partition coefficient (Wildman–Crippen LogP) is -1.11. The summed E-state index contributed by atoms with van der Waals surface area (Å²) in [5.74, 6) is -3.34. The lowest BCUT2D eigenvalue weighted by Gasteiger charge is -2.47. The Kier molecular flexibility index (Phi) is 1.32. The van der Waals surface area contributed by atoms with E-state index >= 15 is 0 Å². The quantitative estimate of drug-likeness (QED) is 0.394. The Bertz CT molecular complexity index is 294. The molecule has 0 aliphatic carbocycles. The van der Waals surface area contributed by atoms with E-state index in [2.05, 4.69) is 5.32 Å². The number of nitrogens with one attached hydrogen (secondary N) is 1. The van der Waals surface area contributed by atoms with Gasteiger partial charge < -0.3 is 14.8 Å². The van der Waals surface area contributed by atoms with Crippen molar-refractivity contribution >= 4 is 11.9 Å². The average Bonchev–Trinajstić information content (AvgIpc) is 2.60. The summed E-state index contributed by atoms with van der Waals surface area (Å²) >= 11 is 0. The van der Waals surface area contributed by atoms with Crippen LogP contribution < -0.4 is 5.32 Å². The fourth-order valence-electron chi connectivity index (χ4n) is 2.18. The van der Waals surface area contributed by atoms with Crippen molar-refractivity contribution in [2.24, 2.45) is 0 Å². The third-order valence-electron chi connectivity index (χ3n) is 2.78. The lowest BCUT2D eigenvalue weighted by molar-refractivity contribution is -0.437. The van der Waals surface area contributed by atoms with Crippen molar-refractivity contribution in [2.45, 2.75) is 24.4 Å². The zero-order valence-corrected chi connectivity index (χ0v) is 7.37. The summed E-state index contributed by atoms with van der Waals surface area (Å²) in [4.78, 5) is 21.6. The monoisotopic (exact) mass is 199 g/mol. The summed E-state index contributed by atoms with van der Waals surface area (Å²) < 4.78 is 14.9. The first-order valence-corrected chi connectivity index (χ1v) is 4.50. The molecule has 0 aromatic heterocycles. The van der Waals surface area contributed by atoms with Crippen molar-refractivity contribution < 1.29 is 23.8 Å². The van der Waals surface area contributed by atoms with Gasteiger partial charge in [0.2, 0.25) is 0 Å². The normalized spacial score (nSPS) is 38.6. The minimum atomic E-state index is -1.40. The molecule has 6 heteroatoms. The summed E-state index contributed by atoms with van der Waals surface area (Å²) in [7, 11) is 0. The maximum absolute atomic E-state index is 10.8. The van der Waals surface area contributed by atoms with E-state index in [0.717, 1.165) is 13.0 Å². The summed E-state index contributed by atoms with van der Waals surface area (Å²) in [6.07, 6.45) is 1.29. The third kappa shape index (κ3) is 0.921. The molecule has 76 valence electrons. The number of ether oxygens (including phenoxy) is 3. The van der Waals surface area contributed by atoms with Gasteiger partial charge in [0.1, 0.15) is 5.60 Å². The van der Waals surface area contributed by atoms with Crippen molar-refractivity contribution in [1.29, 1.82) is 0 Å². The Morgan fingerprint density at radius 3 is 2.36 bits per heavy atom. The first kappa shape index (κ1) is 8.19. The number of carbonyl (C=O) groups excluding carboxylic acids is 2. The molecule has 3 rings (SSSR count). The molecule has 6 nitrogen and oxygen atoms in total. The van der Waals surface area contributed by atoms with Gasteiger partial charge in [-0.05, 0) is 13.0 Å². The SMILES string of the molecule is O=C1OC2(CC3(CCNC3)O2)OC1=O. The Morgan fingerprint density at radius 1 is 1.21 bits per heavy atom. The molecule has 0 radical (unpaired) electrons. The molecule has 0 aromatic carbocycles. The predicted molar refractivity (Wildman–Crippen MR) is 40.8 cm³/mol. The molecule has 0 saturated carbocycles. The Labute approximate surface area is 79.5 Å². The molecule has 3 fully saturated rings. The van der Waals surface area contributed by atoms with Gasteiger partial charge in [0.05, 0.1) is 6.42 Å². The van der Waals surface area contributed by atoms with E-state index in [1.54, 1.807) is 0 Å². The van der Waals surface area contributed by atoms with Gasteiger partial charge in [-0.1, -0.05) is 0 Å². The van der Waals surface area contributed by atoms with Gasteiger partial charge in [-0.3, -0.25) is 4.74 Å². The van der Waals surface area contributed by atoms with Crippen LogP contribution >= 0.6 is 0 Å². The molecule has 2 spiro atoms. The van der Waals surface area contributed by atoms with Crippen molar-refractivity contribution in [3.05, 3.63) is 0 Å². The largest absolute Gasteiger partial charge is 0.422 e. The Morgan fingerprint density at radius 2 is 1.86 bits per heavy atom. The number of rotatable bonds is 0. The summed E-state index contributed by atoms with van der Waals surface area (Å²) in [5.41, 5.74) is -0.301. The fraction of sp³-hybridized carbons (Fsp3) is 0.750. The van der Waals surface area contributed by atoms with Crippen LogP contribution in [0.1, 0.15) is 12.8 Å². The van der Waals surface area contributed by atoms with Gasteiger partial charge in [-0.2, -0.15) is 0 Å². The van der Waals surface area contributed by atoms with Crippen molar-refractivity contribution in [3.63, 3.8) is 0 Å². The topological polar surface area (TPSA) is 73.9 Å². The molecule has 0 aromatic rings. The highest BCUT2D eigenvalue weighted by atomic mass is 16.9. The third-order valence-corrected chi connectivity index (χ3v) is 2.78. The van der Waals surface area contributed by atoms with Crippen LogP contribution in [0.4, 0.5) is 0 Å². The molecule has 3 aliphatic rings. The molecular weight excluding hydrogens is 190 g/mol. The standard InChI is InChI=1S/C8H9NO5/c10-5-6(11)13-8(12-5)3-7(14-8)1-2-9-4-7/h9H,1-4H2. The highest BCUT2D eigenvalue weighted by molar-refractivity contribution is 6.31. The van der Waals surface area contributed by atoms with Gasteiger partial charge in [-0.15, -0.1) is 0 Å². The van der Waals surface area contributed by atoms with Crippen LogP contribution in [-0.2, 0) is 23.8 Å². The number of hydrogen-bond acceptors (Lipinski definition) is 6. The fourth-order valence-corrected chi connectivity index (χ4v) is 2.18. The van der Waals surface area contributed by atoms with Crippen molar-refractivity contribution in [1.82, 2.24) is 5.32 Å². The first-order chi connectivity index (χ1) is 6.63. The molecular formula is C8H9NO5. The van der Waals surface area contributed by atoms with Crippen LogP contribution in [0.25, 0.3) is 0 Å². The summed E-state index contributed by atoms with van der Waals surface area (Å²) in [6, 6.07) is 0. The molecule has 1 N–H and O–H groups in total. The maximum Gasteiger partial charge on any atom is 0.422 e. The molecule has 3 heterocycles. The number of carbonyl (C=O) groups is 2. The summed E-state index contributed by atoms with van der Waals surface area (Å²) in [5, 5.41) is 3.14. The van der Waals surface area contributed by atoms with E-state index in [1.165, 1.54) is 0 Å². The second-order valence-corrected chi connectivity index (χ2v) is 3.85. The van der Waals surface area contributed by atoms with Gasteiger partial charge >= 0.3 is 17.9 Å². The lowest BCUT2D eigenvalue weighted by atomic mass is 9.91. The highest BCUT2D eigenvalue weighted by Gasteiger charge is 2.67. The van der Waals surface area contributed by atoms with Crippen molar-refractivity contribution in [2.75, 3.05) is 13.1 Å².